The van der Waals surface area contributed by atoms with E-state index in [1.807, 2.05) is 0 Å². The summed E-state index contributed by atoms with van der Waals surface area (Å²) in [6.07, 6.45) is -0.330. The molecule has 0 bridgehead atoms. The molecule has 1 heterocycles. The van der Waals surface area contributed by atoms with Gasteiger partial charge >= 0.3 is 6.09 Å². The van der Waals surface area contributed by atoms with E-state index in [9.17, 15) is 19.7 Å². The number of non-ortho nitro benzene ring substituents is 1. The fourth-order valence-electron chi connectivity index (χ4n) is 2.30. The lowest BCUT2D eigenvalue weighted by molar-refractivity contribution is -0.384. The Kier molecular flexibility index (Phi) is 5.46. The summed E-state index contributed by atoms with van der Waals surface area (Å²) in [4.78, 5) is 39.7. The van der Waals surface area contributed by atoms with E-state index in [1.165, 1.54) is 43.2 Å². The molecule has 128 valence electrons. The minimum absolute atomic E-state index is 0.0375. The van der Waals surface area contributed by atoms with Crippen molar-refractivity contribution in [3.63, 3.8) is 0 Å². The largest absolute Gasteiger partial charge is 0.444 e. The molecule has 24 heavy (non-hydrogen) atoms. The highest BCUT2D eigenvalue weighted by Crippen LogP contribution is 2.21. The number of carbonyl (C=O) groups excluding carboxylic acids is 2. The summed E-state index contributed by atoms with van der Waals surface area (Å²) in [5.41, 5.74) is 0.574. The number of hydrogen-bond acceptors (Lipinski definition) is 7. The summed E-state index contributed by atoms with van der Waals surface area (Å²) in [7, 11) is 1.36. The van der Waals surface area contributed by atoms with E-state index in [-0.39, 0.29) is 30.5 Å². The van der Waals surface area contributed by atoms with Gasteiger partial charge in [-0.15, -0.1) is 0 Å². The van der Waals surface area contributed by atoms with Gasteiger partial charge in [-0.1, -0.05) is 5.16 Å². The SMILES string of the molecule is CON=C1C[C@H](C(C)=O)CN1C(=O)OCc1ccc([N+](=O)[O-])cc1. The Morgan fingerprint density at radius 2 is 2.04 bits per heavy atom. The highest BCUT2D eigenvalue weighted by molar-refractivity contribution is 6.00. The van der Waals surface area contributed by atoms with Crippen LogP contribution in [0.5, 0.6) is 0 Å². The lowest BCUT2D eigenvalue weighted by atomic mass is 10.1. The van der Waals surface area contributed by atoms with E-state index in [0.29, 0.717) is 17.8 Å². The molecule has 0 aliphatic carbocycles. The molecule has 1 saturated heterocycles. The Balaban J connectivity index is 1.99. The molecule has 0 saturated carbocycles. The Morgan fingerprint density at radius 1 is 1.38 bits per heavy atom. The van der Waals surface area contributed by atoms with Gasteiger partial charge in [0.2, 0.25) is 0 Å². The molecule has 1 aliphatic heterocycles. The molecule has 2 rings (SSSR count). The number of amidine groups is 1. The summed E-state index contributed by atoms with van der Waals surface area (Å²) < 4.78 is 5.19. The third-order valence-corrected chi connectivity index (χ3v) is 3.64. The number of nitrogens with zero attached hydrogens (tertiary/aromatic N) is 3. The monoisotopic (exact) mass is 335 g/mol. The number of carbonyl (C=O) groups is 2. The smallest absolute Gasteiger partial charge is 0.415 e. The fourth-order valence-corrected chi connectivity index (χ4v) is 2.30. The van der Waals surface area contributed by atoms with Crippen LogP contribution < -0.4 is 0 Å². The minimum Gasteiger partial charge on any atom is -0.444 e. The van der Waals surface area contributed by atoms with Crippen LogP contribution in [0.3, 0.4) is 0 Å². The standard InChI is InChI=1S/C15H17N3O6/c1-10(19)12-7-14(16-23-2)17(8-12)15(20)24-9-11-3-5-13(6-4-11)18(21)22/h3-6,12H,7-9H2,1-2H3/t12-/m0/s1. The second-order valence-corrected chi connectivity index (χ2v) is 5.29. The highest BCUT2D eigenvalue weighted by Gasteiger charge is 2.36. The number of Topliss-reactive ketones (excluding diaryl/α,β-unsaturated/α-hetero) is 1. The molecule has 9 heteroatoms. The van der Waals surface area contributed by atoms with Crippen molar-refractivity contribution in [2.75, 3.05) is 13.7 Å². The zero-order valence-electron chi connectivity index (χ0n) is 13.3. The zero-order chi connectivity index (χ0) is 17.7. The molecule has 0 radical (unpaired) electrons. The number of likely N-dealkylation sites (tertiary alicyclic amines) is 1. The van der Waals surface area contributed by atoms with E-state index in [4.69, 9.17) is 9.57 Å². The van der Waals surface area contributed by atoms with Gasteiger partial charge in [-0.3, -0.25) is 19.8 Å². The Labute approximate surface area is 138 Å². The minimum atomic E-state index is -0.645. The van der Waals surface area contributed by atoms with E-state index >= 15 is 0 Å². The first-order valence-electron chi connectivity index (χ1n) is 7.20. The first-order chi connectivity index (χ1) is 11.4. The maximum absolute atomic E-state index is 12.2. The van der Waals surface area contributed by atoms with Crippen LogP contribution in [0.15, 0.2) is 29.4 Å². The summed E-state index contributed by atoms with van der Waals surface area (Å²) in [6.45, 7) is 1.61. The maximum Gasteiger partial charge on any atom is 0.415 e. The van der Waals surface area contributed by atoms with Crippen molar-refractivity contribution in [2.24, 2.45) is 11.1 Å². The third kappa shape index (κ3) is 4.06. The van der Waals surface area contributed by atoms with E-state index in [0.717, 1.165) is 0 Å². The van der Waals surface area contributed by atoms with Crippen molar-refractivity contribution < 1.29 is 24.1 Å². The van der Waals surface area contributed by atoms with Gasteiger partial charge < -0.3 is 9.57 Å². The molecule has 0 N–H and O–H groups in total. The second kappa shape index (κ2) is 7.53. The molecule has 0 unspecified atom stereocenters. The fraction of sp³-hybridized carbons (Fsp3) is 0.400. The first kappa shape index (κ1) is 17.4. The summed E-state index contributed by atoms with van der Waals surface area (Å²) in [6, 6.07) is 5.70. The summed E-state index contributed by atoms with van der Waals surface area (Å²) in [5, 5.41) is 14.4. The number of rotatable bonds is 5. The van der Waals surface area contributed by atoms with Gasteiger partial charge in [0.25, 0.3) is 5.69 Å². The Bertz CT molecular complexity index is 670. The number of nitro groups is 1. The highest BCUT2D eigenvalue weighted by atomic mass is 16.6. The molecule has 0 spiro atoms. The van der Waals surface area contributed by atoms with E-state index in [1.54, 1.807) is 0 Å². The predicted molar refractivity (Wildman–Crippen MR) is 83.2 cm³/mol. The van der Waals surface area contributed by atoms with Crippen LogP contribution in [0.1, 0.15) is 18.9 Å². The van der Waals surface area contributed by atoms with Gasteiger partial charge in [0.15, 0.2) is 5.84 Å². The van der Waals surface area contributed by atoms with Gasteiger partial charge in [-0.05, 0) is 24.6 Å². The first-order valence-corrected chi connectivity index (χ1v) is 7.20. The lowest BCUT2D eigenvalue weighted by Crippen LogP contribution is -2.33. The molecule has 0 aromatic heterocycles. The van der Waals surface area contributed by atoms with Crippen molar-refractivity contribution in [1.82, 2.24) is 4.90 Å². The molecular formula is C15H17N3O6. The van der Waals surface area contributed by atoms with Crippen molar-refractivity contribution >= 4 is 23.4 Å². The van der Waals surface area contributed by atoms with Crippen LogP contribution in [0.2, 0.25) is 0 Å². The van der Waals surface area contributed by atoms with Crippen molar-refractivity contribution in [3.8, 4) is 0 Å². The number of amides is 1. The molecular weight excluding hydrogens is 318 g/mol. The van der Waals surface area contributed by atoms with Crippen molar-refractivity contribution in [1.29, 1.82) is 0 Å². The van der Waals surface area contributed by atoms with Gasteiger partial charge in [-0.25, -0.2) is 4.79 Å². The van der Waals surface area contributed by atoms with Gasteiger partial charge in [-0.2, -0.15) is 0 Å². The predicted octanol–water partition coefficient (Wildman–Crippen LogP) is 2.10. The van der Waals surface area contributed by atoms with Crippen LogP contribution in [0.25, 0.3) is 0 Å². The number of benzene rings is 1. The van der Waals surface area contributed by atoms with Crippen LogP contribution in [-0.4, -0.2) is 41.2 Å². The molecule has 1 aromatic rings. The molecule has 1 aromatic carbocycles. The van der Waals surface area contributed by atoms with Crippen LogP contribution >= 0.6 is 0 Å². The molecule has 1 aliphatic rings. The maximum atomic E-state index is 12.2. The number of ether oxygens (including phenoxy) is 1. The Morgan fingerprint density at radius 3 is 2.58 bits per heavy atom. The number of ketones is 1. The molecule has 1 atom stereocenters. The zero-order valence-corrected chi connectivity index (χ0v) is 13.3. The average Bonchev–Trinajstić information content (AvgIpc) is 2.98. The number of oxime groups is 1. The van der Waals surface area contributed by atoms with Crippen LogP contribution in [-0.2, 0) is 21.0 Å². The normalized spacial score (nSPS) is 18.5. The van der Waals surface area contributed by atoms with Crippen molar-refractivity contribution in [3.05, 3.63) is 39.9 Å². The summed E-state index contributed by atoms with van der Waals surface area (Å²) in [5.74, 6) is -0.0262. The number of nitro benzene ring substituents is 1. The quantitative estimate of drug-likeness (QED) is 0.602. The van der Waals surface area contributed by atoms with E-state index < -0.39 is 11.0 Å². The average molecular weight is 335 g/mol. The third-order valence-electron chi connectivity index (χ3n) is 3.64. The van der Waals surface area contributed by atoms with Gasteiger partial charge in [0.1, 0.15) is 19.5 Å². The second-order valence-electron chi connectivity index (χ2n) is 5.29. The molecule has 1 amide bonds. The van der Waals surface area contributed by atoms with Crippen LogP contribution in [0, 0.1) is 16.0 Å². The lowest BCUT2D eigenvalue weighted by Gasteiger charge is -2.16. The number of hydrogen-bond donors (Lipinski definition) is 0. The van der Waals surface area contributed by atoms with Gasteiger partial charge in [0.05, 0.1) is 4.92 Å². The summed E-state index contributed by atoms with van der Waals surface area (Å²) >= 11 is 0. The molecule has 9 nitrogen and oxygen atoms in total. The molecule has 1 fully saturated rings. The topological polar surface area (TPSA) is 111 Å². The van der Waals surface area contributed by atoms with Crippen molar-refractivity contribution in [2.45, 2.75) is 20.0 Å². The van der Waals surface area contributed by atoms with Crippen LogP contribution in [0.4, 0.5) is 10.5 Å². The van der Waals surface area contributed by atoms with E-state index in [2.05, 4.69) is 5.16 Å². The van der Waals surface area contributed by atoms with Gasteiger partial charge in [0, 0.05) is 31.0 Å². The Hall–Kier alpha value is -2.97.